The second kappa shape index (κ2) is 7.31. The molecule has 1 aliphatic carbocycles. The fourth-order valence-corrected chi connectivity index (χ4v) is 2.92. The van der Waals surface area contributed by atoms with Gasteiger partial charge in [0.1, 0.15) is 5.82 Å². The lowest BCUT2D eigenvalue weighted by molar-refractivity contribution is -0.126. The van der Waals surface area contributed by atoms with Gasteiger partial charge in [0.15, 0.2) is 0 Å². The van der Waals surface area contributed by atoms with Gasteiger partial charge in [-0.2, -0.15) is 0 Å². The predicted octanol–water partition coefficient (Wildman–Crippen LogP) is 3.02. The third-order valence-electron chi connectivity index (χ3n) is 4.17. The average Bonchev–Trinajstić information content (AvgIpc) is 2.96. The molecule has 1 saturated carbocycles. The van der Waals surface area contributed by atoms with Crippen molar-refractivity contribution in [2.24, 2.45) is 11.8 Å². The lowest BCUT2D eigenvalue weighted by Crippen LogP contribution is -2.33. The van der Waals surface area contributed by atoms with Crippen LogP contribution >= 0.6 is 0 Å². The van der Waals surface area contributed by atoms with Crippen molar-refractivity contribution in [2.75, 3.05) is 0 Å². The largest absolute Gasteiger partial charge is 0.349 e. The number of imidazole rings is 1. The molecule has 0 aromatic carbocycles. The molecule has 0 bridgehead atoms. The summed E-state index contributed by atoms with van der Waals surface area (Å²) in [5.74, 6) is 2.09. The van der Waals surface area contributed by atoms with Crippen LogP contribution in [0.4, 0.5) is 0 Å². The number of hydrogen-bond donors (Lipinski definition) is 2. The number of nitrogens with zero attached hydrogens (tertiary/aromatic N) is 1. The highest BCUT2D eigenvalue weighted by Crippen LogP contribution is 2.31. The number of nitrogens with one attached hydrogen (secondary N) is 2. The van der Waals surface area contributed by atoms with Crippen molar-refractivity contribution >= 4 is 5.91 Å². The topological polar surface area (TPSA) is 57.8 Å². The molecule has 4 nitrogen and oxygen atoms in total. The van der Waals surface area contributed by atoms with Crippen molar-refractivity contribution in [3.63, 3.8) is 0 Å². The zero-order chi connectivity index (χ0) is 13.5. The van der Waals surface area contributed by atoms with E-state index in [1.807, 2.05) is 0 Å². The third-order valence-corrected chi connectivity index (χ3v) is 4.17. The van der Waals surface area contributed by atoms with Crippen LogP contribution < -0.4 is 5.32 Å². The molecule has 106 valence electrons. The summed E-state index contributed by atoms with van der Waals surface area (Å²) in [5.41, 5.74) is 0. The van der Waals surface area contributed by atoms with Gasteiger partial charge < -0.3 is 10.3 Å². The molecular formula is C15H25N3O. The summed E-state index contributed by atoms with van der Waals surface area (Å²) in [6, 6.07) is 0. The molecule has 1 heterocycles. The number of H-pyrrole nitrogens is 1. The second-order valence-corrected chi connectivity index (χ2v) is 5.61. The summed E-state index contributed by atoms with van der Waals surface area (Å²) in [6.07, 6.45) is 12.0. The second-order valence-electron chi connectivity index (χ2n) is 5.61. The van der Waals surface area contributed by atoms with E-state index in [0.717, 1.165) is 24.6 Å². The smallest absolute Gasteiger partial charge is 0.223 e. The maximum atomic E-state index is 12.1. The Bertz CT molecular complexity index is 367. The Kier molecular flexibility index (Phi) is 5.43. The van der Waals surface area contributed by atoms with Crippen LogP contribution in [0.3, 0.4) is 0 Å². The normalized spacial score (nSPS) is 23.2. The molecule has 0 atom stereocenters. The van der Waals surface area contributed by atoms with Crippen LogP contribution in [-0.2, 0) is 11.3 Å². The molecule has 0 aliphatic heterocycles. The molecule has 0 unspecified atom stereocenters. The molecule has 0 radical (unpaired) electrons. The fourth-order valence-electron chi connectivity index (χ4n) is 2.92. The summed E-state index contributed by atoms with van der Waals surface area (Å²) in [7, 11) is 0. The molecule has 19 heavy (non-hydrogen) atoms. The van der Waals surface area contributed by atoms with E-state index in [9.17, 15) is 4.79 Å². The Morgan fingerprint density at radius 3 is 2.84 bits per heavy atom. The van der Waals surface area contributed by atoms with Gasteiger partial charge in [-0.05, 0) is 31.6 Å². The maximum Gasteiger partial charge on any atom is 0.223 e. The van der Waals surface area contributed by atoms with Crippen molar-refractivity contribution in [1.29, 1.82) is 0 Å². The summed E-state index contributed by atoms with van der Waals surface area (Å²) in [5, 5.41) is 2.98. The number of aromatic amines is 1. The SMILES string of the molecule is CCCCC1CCC(C(=O)NCc2ncc[nH]2)CC1. The van der Waals surface area contributed by atoms with Gasteiger partial charge in [-0.1, -0.05) is 26.2 Å². The summed E-state index contributed by atoms with van der Waals surface area (Å²) >= 11 is 0. The van der Waals surface area contributed by atoms with Gasteiger partial charge >= 0.3 is 0 Å². The Morgan fingerprint density at radius 1 is 1.42 bits per heavy atom. The highest BCUT2D eigenvalue weighted by Gasteiger charge is 2.25. The van der Waals surface area contributed by atoms with Gasteiger partial charge in [0.2, 0.25) is 5.91 Å². The van der Waals surface area contributed by atoms with E-state index in [2.05, 4.69) is 22.2 Å². The van der Waals surface area contributed by atoms with Crippen molar-refractivity contribution in [3.05, 3.63) is 18.2 Å². The van der Waals surface area contributed by atoms with Gasteiger partial charge in [-0.15, -0.1) is 0 Å². The number of aromatic nitrogens is 2. The number of rotatable bonds is 6. The zero-order valence-corrected chi connectivity index (χ0v) is 11.8. The first-order chi connectivity index (χ1) is 9.29. The van der Waals surface area contributed by atoms with Crippen LogP contribution in [0.25, 0.3) is 0 Å². The lowest BCUT2D eigenvalue weighted by atomic mass is 9.79. The van der Waals surface area contributed by atoms with Gasteiger partial charge in [0, 0.05) is 18.3 Å². The van der Waals surface area contributed by atoms with E-state index < -0.39 is 0 Å². The zero-order valence-electron chi connectivity index (χ0n) is 11.8. The van der Waals surface area contributed by atoms with E-state index in [-0.39, 0.29) is 11.8 Å². The highest BCUT2D eigenvalue weighted by atomic mass is 16.1. The third kappa shape index (κ3) is 4.37. The number of carbonyl (C=O) groups is 1. The fraction of sp³-hybridized carbons (Fsp3) is 0.733. The number of carbonyl (C=O) groups excluding carboxylic acids is 1. The monoisotopic (exact) mass is 263 g/mol. The number of hydrogen-bond acceptors (Lipinski definition) is 2. The molecule has 4 heteroatoms. The van der Waals surface area contributed by atoms with Crippen LogP contribution in [-0.4, -0.2) is 15.9 Å². The van der Waals surface area contributed by atoms with Gasteiger partial charge in [-0.3, -0.25) is 4.79 Å². The molecule has 2 rings (SSSR count). The van der Waals surface area contributed by atoms with Crippen LogP contribution in [0.15, 0.2) is 12.4 Å². The minimum Gasteiger partial charge on any atom is -0.349 e. The highest BCUT2D eigenvalue weighted by molar-refractivity contribution is 5.78. The lowest BCUT2D eigenvalue weighted by Gasteiger charge is -2.27. The minimum absolute atomic E-state index is 0.199. The van der Waals surface area contributed by atoms with Gasteiger partial charge in [0.05, 0.1) is 6.54 Å². The number of unbranched alkanes of at least 4 members (excludes halogenated alkanes) is 1. The van der Waals surface area contributed by atoms with Crippen molar-refractivity contribution in [1.82, 2.24) is 15.3 Å². The summed E-state index contributed by atoms with van der Waals surface area (Å²) in [4.78, 5) is 19.2. The molecule has 1 aromatic rings. The van der Waals surface area contributed by atoms with Crippen molar-refractivity contribution < 1.29 is 4.79 Å². The van der Waals surface area contributed by atoms with Gasteiger partial charge in [0.25, 0.3) is 0 Å². The van der Waals surface area contributed by atoms with Crippen LogP contribution in [0.2, 0.25) is 0 Å². The molecule has 0 spiro atoms. The van der Waals surface area contributed by atoms with E-state index in [4.69, 9.17) is 0 Å². The van der Waals surface area contributed by atoms with Crippen molar-refractivity contribution in [2.45, 2.75) is 58.4 Å². The summed E-state index contributed by atoms with van der Waals surface area (Å²) in [6.45, 7) is 2.76. The maximum absolute atomic E-state index is 12.1. The molecule has 1 aromatic heterocycles. The number of amides is 1. The quantitative estimate of drug-likeness (QED) is 0.829. The Balaban J connectivity index is 1.67. The first-order valence-corrected chi connectivity index (χ1v) is 7.55. The average molecular weight is 263 g/mol. The Labute approximate surface area is 115 Å². The van der Waals surface area contributed by atoms with E-state index in [1.165, 1.54) is 32.1 Å². The Morgan fingerprint density at radius 2 is 2.21 bits per heavy atom. The minimum atomic E-state index is 0.199. The van der Waals surface area contributed by atoms with Gasteiger partial charge in [-0.25, -0.2) is 4.98 Å². The van der Waals surface area contributed by atoms with Crippen molar-refractivity contribution in [3.8, 4) is 0 Å². The van der Waals surface area contributed by atoms with Crippen LogP contribution in [0, 0.1) is 11.8 Å². The first-order valence-electron chi connectivity index (χ1n) is 7.55. The molecule has 2 N–H and O–H groups in total. The molecular weight excluding hydrogens is 238 g/mol. The first kappa shape index (κ1) is 14.1. The van der Waals surface area contributed by atoms with Crippen LogP contribution in [0.1, 0.15) is 57.7 Å². The van der Waals surface area contributed by atoms with E-state index in [1.54, 1.807) is 12.4 Å². The molecule has 1 aliphatic rings. The van der Waals surface area contributed by atoms with E-state index >= 15 is 0 Å². The Hall–Kier alpha value is -1.32. The molecule has 1 fully saturated rings. The van der Waals surface area contributed by atoms with E-state index in [0.29, 0.717) is 6.54 Å². The standard InChI is InChI=1S/C15H25N3O/c1-2-3-4-12-5-7-13(8-6-12)15(19)18-11-14-16-9-10-17-14/h9-10,12-13H,2-8,11H2,1H3,(H,16,17)(H,18,19). The predicted molar refractivity (Wildman–Crippen MR) is 75.4 cm³/mol. The molecule has 1 amide bonds. The van der Waals surface area contributed by atoms with Crippen LogP contribution in [0.5, 0.6) is 0 Å². The molecule has 0 saturated heterocycles. The summed E-state index contributed by atoms with van der Waals surface area (Å²) < 4.78 is 0.